The van der Waals surface area contributed by atoms with Gasteiger partial charge in [0.2, 0.25) is 0 Å². The van der Waals surface area contributed by atoms with Crippen molar-refractivity contribution in [1.29, 1.82) is 0 Å². The predicted molar refractivity (Wildman–Crippen MR) is 335 cm³/mol. The Kier molecular flexibility index (Phi) is 53.9. The highest BCUT2D eigenvalue weighted by Crippen LogP contribution is 2.45. The van der Waals surface area contributed by atoms with Crippen molar-refractivity contribution < 1.29 is 80.2 Å². The van der Waals surface area contributed by atoms with Crippen molar-refractivity contribution in [3.8, 4) is 0 Å². The van der Waals surface area contributed by atoms with Crippen LogP contribution in [0.2, 0.25) is 0 Å². The van der Waals surface area contributed by atoms with E-state index in [0.29, 0.717) is 31.6 Å². The van der Waals surface area contributed by atoms with E-state index in [1.54, 1.807) is 0 Å². The van der Waals surface area contributed by atoms with Gasteiger partial charge in [-0.1, -0.05) is 261 Å². The minimum absolute atomic E-state index is 0.102. The van der Waals surface area contributed by atoms with Gasteiger partial charge in [-0.2, -0.15) is 0 Å². The molecular formula is C65H126O17P2. The number of hydrogen-bond acceptors (Lipinski definition) is 15. The number of rotatable bonds is 62. The van der Waals surface area contributed by atoms with E-state index < -0.39 is 97.5 Å². The number of aliphatic hydroxyl groups excluding tert-OH is 1. The summed E-state index contributed by atoms with van der Waals surface area (Å²) in [5.74, 6) is 0.785. The normalized spacial score (nSPS) is 15.1. The lowest BCUT2D eigenvalue weighted by Gasteiger charge is -2.21. The van der Waals surface area contributed by atoms with Gasteiger partial charge in [0.25, 0.3) is 0 Å². The first-order chi connectivity index (χ1) is 40.2. The second-order valence-electron chi connectivity index (χ2n) is 24.9. The highest BCUT2D eigenvalue weighted by atomic mass is 31.2. The molecule has 19 heteroatoms. The van der Waals surface area contributed by atoms with Crippen LogP contribution < -0.4 is 0 Å². The van der Waals surface area contributed by atoms with E-state index in [4.69, 9.17) is 37.0 Å². The van der Waals surface area contributed by atoms with Crippen LogP contribution in [0.15, 0.2) is 0 Å². The summed E-state index contributed by atoms with van der Waals surface area (Å²) in [5.41, 5.74) is 0. The van der Waals surface area contributed by atoms with E-state index in [2.05, 4.69) is 55.4 Å². The number of carbonyl (C=O) groups is 4. The number of hydrogen-bond donors (Lipinski definition) is 3. The molecule has 0 bridgehead atoms. The zero-order valence-electron chi connectivity index (χ0n) is 54.5. The highest BCUT2D eigenvalue weighted by molar-refractivity contribution is 7.47. The zero-order chi connectivity index (χ0) is 62.5. The molecule has 0 radical (unpaired) electrons. The largest absolute Gasteiger partial charge is 0.472 e. The number of phosphoric ester groups is 2. The molecule has 498 valence electrons. The summed E-state index contributed by atoms with van der Waals surface area (Å²) in [6, 6.07) is 0. The molecule has 17 nitrogen and oxygen atoms in total. The summed E-state index contributed by atoms with van der Waals surface area (Å²) >= 11 is 0. The Morgan fingerprint density at radius 1 is 0.333 bits per heavy atom. The van der Waals surface area contributed by atoms with Gasteiger partial charge in [-0.05, 0) is 49.4 Å². The third-order valence-electron chi connectivity index (χ3n) is 15.5. The molecule has 0 aromatic heterocycles. The molecule has 0 spiro atoms. The summed E-state index contributed by atoms with van der Waals surface area (Å²) in [7, 11) is -9.89. The van der Waals surface area contributed by atoms with Crippen molar-refractivity contribution in [3.05, 3.63) is 0 Å². The van der Waals surface area contributed by atoms with Crippen molar-refractivity contribution in [2.75, 3.05) is 39.6 Å². The topological polar surface area (TPSA) is 237 Å². The highest BCUT2D eigenvalue weighted by Gasteiger charge is 2.30. The summed E-state index contributed by atoms with van der Waals surface area (Å²) in [4.78, 5) is 72.2. The van der Waals surface area contributed by atoms with Gasteiger partial charge in [0, 0.05) is 25.7 Å². The SMILES string of the molecule is CCC(C)CCCCCCCCCCCCC(=O)OC[C@H](COP(=O)(O)OC[C@@H](O)COP(=O)(O)OC[C@@H](COC(=O)CCCCCCCCC(C)C)OC(=O)CCCCCCCCCCC(C)C)OC(=O)CCCCCCCCC(C)CC. The van der Waals surface area contributed by atoms with Crippen LogP contribution >= 0.6 is 15.6 Å². The van der Waals surface area contributed by atoms with Crippen molar-refractivity contribution in [3.63, 3.8) is 0 Å². The van der Waals surface area contributed by atoms with Crippen LogP contribution in [0.5, 0.6) is 0 Å². The molecule has 4 unspecified atom stereocenters. The Hall–Kier alpha value is -1.94. The number of phosphoric acid groups is 2. The van der Waals surface area contributed by atoms with E-state index in [1.165, 1.54) is 109 Å². The lowest BCUT2D eigenvalue weighted by Crippen LogP contribution is -2.30. The molecular weight excluding hydrogens is 1110 g/mol. The maximum absolute atomic E-state index is 13.0. The van der Waals surface area contributed by atoms with Crippen molar-refractivity contribution in [2.45, 2.75) is 331 Å². The molecule has 0 heterocycles. The first kappa shape index (κ1) is 82.1. The van der Waals surface area contributed by atoms with Crippen molar-refractivity contribution >= 4 is 39.5 Å². The van der Waals surface area contributed by atoms with Crippen LogP contribution in [0.25, 0.3) is 0 Å². The number of carbonyl (C=O) groups excluding carboxylic acids is 4. The van der Waals surface area contributed by atoms with Gasteiger partial charge in [0.1, 0.15) is 19.3 Å². The molecule has 0 aliphatic heterocycles. The van der Waals surface area contributed by atoms with E-state index in [1.807, 2.05) is 0 Å². The maximum atomic E-state index is 13.0. The average Bonchev–Trinajstić information content (AvgIpc) is 3.59. The van der Waals surface area contributed by atoms with Gasteiger partial charge >= 0.3 is 39.5 Å². The van der Waals surface area contributed by atoms with Crippen LogP contribution in [0.1, 0.15) is 312 Å². The van der Waals surface area contributed by atoms with Crippen LogP contribution in [0, 0.1) is 23.7 Å². The molecule has 0 aliphatic carbocycles. The van der Waals surface area contributed by atoms with Gasteiger partial charge in [-0.3, -0.25) is 37.3 Å². The first-order valence-corrected chi connectivity index (χ1v) is 36.8. The molecule has 3 N–H and O–H groups in total. The molecule has 0 aromatic carbocycles. The van der Waals surface area contributed by atoms with Crippen LogP contribution in [0.3, 0.4) is 0 Å². The lowest BCUT2D eigenvalue weighted by atomic mass is 9.99. The van der Waals surface area contributed by atoms with Crippen molar-refractivity contribution in [2.24, 2.45) is 23.7 Å². The third-order valence-corrected chi connectivity index (χ3v) is 17.4. The second-order valence-corrected chi connectivity index (χ2v) is 27.8. The number of aliphatic hydroxyl groups is 1. The van der Waals surface area contributed by atoms with Crippen LogP contribution in [0.4, 0.5) is 0 Å². The molecule has 0 fully saturated rings. The molecule has 84 heavy (non-hydrogen) atoms. The van der Waals surface area contributed by atoms with Crippen LogP contribution in [-0.4, -0.2) is 96.7 Å². The summed E-state index contributed by atoms with van der Waals surface area (Å²) in [6.45, 7) is 14.0. The van der Waals surface area contributed by atoms with Gasteiger partial charge in [0.05, 0.1) is 26.4 Å². The van der Waals surface area contributed by atoms with E-state index in [9.17, 15) is 43.2 Å². The molecule has 0 rings (SSSR count). The monoisotopic (exact) mass is 1240 g/mol. The maximum Gasteiger partial charge on any atom is 0.472 e. The fourth-order valence-corrected chi connectivity index (χ4v) is 11.1. The molecule has 0 aliphatic rings. The average molecular weight is 1240 g/mol. The Morgan fingerprint density at radius 3 is 0.845 bits per heavy atom. The summed E-state index contributed by atoms with van der Waals surface area (Å²) < 4.78 is 68.0. The van der Waals surface area contributed by atoms with E-state index in [-0.39, 0.29) is 25.7 Å². The number of ether oxygens (including phenoxy) is 4. The van der Waals surface area contributed by atoms with Gasteiger partial charge in [-0.25, -0.2) is 9.13 Å². The smallest absolute Gasteiger partial charge is 0.462 e. The molecule has 0 saturated carbocycles. The lowest BCUT2D eigenvalue weighted by molar-refractivity contribution is -0.161. The Balaban J connectivity index is 5.24. The first-order valence-electron chi connectivity index (χ1n) is 33.8. The Bertz CT molecular complexity index is 1680. The zero-order valence-corrected chi connectivity index (χ0v) is 56.3. The van der Waals surface area contributed by atoms with E-state index in [0.717, 1.165) is 114 Å². The fraction of sp³-hybridized carbons (Fsp3) is 0.938. The standard InChI is InChI=1S/C65H126O17P2/c1-9-57(7)43-35-27-18-13-11-12-14-19-29-37-45-62(67)75-51-61(82-65(70)48-40-32-24-22-28-36-44-58(8)10-2)54-80-84(73,74)78-50-59(66)49-77-83(71,72)79-53-60(52-76-63(68)46-38-30-23-21-26-34-42-56(5)6)81-64(69)47-39-31-20-16-15-17-25-33-41-55(3)4/h55-61,66H,9-54H2,1-8H3,(H,71,72)(H,73,74)/t57?,58?,59-,60+,61+/m0/s1. The van der Waals surface area contributed by atoms with E-state index >= 15 is 0 Å². The fourth-order valence-electron chi connectivity index (χ4n) is 9.54. The summed E-state index contributed by atoms with van der Waals surface area (Å²) in [6.07, 6.45) is 35.0. The minimum atomic E-state index is -4.95. The molecule has 0 amide bonds. The quantitative estimate of drug-likeness (QED) is 0.0222. The van der Waals surface area contributed by atoms with Crippen molar-refractivity contribution in [1.82, 2.24) is 0 Å². The van der Waals surface area contributed by atoms with Gasteiger partial charge in [0.15, 0.2) is 12.2 Å². The number of esters is 4. The van der Waals surface area contributed by atoms with Gasteiger partial charge in [-0.15, -0.1) is 0 Å². The van der Waals surface area contributed by atoms with Gasteiger partial charge < -0.3 is 33.8 Å². The molecule has 0 saturated heterocycles. The Labute approximate surface area is 511 Å². The Morgan fingerprint density at radius 2 is 0.571 bits per heavy atom. The molecule has 7 atom stereocenters. The van der Waals surface area contributed by atoms with Crippen LogP contribution in [-0.2, 0) is 65.4 Å². The predicted octanol–water partition coefficient (Wildman–Crippen LogP) is 17.8. The number of unbranched alkanes of at least 4 members (excludes halogenated alkanes) is 26. The molecule has 0 aromatic rings. The second kappa shape index (κ2) is 55.2. The summed E-state index contributed by atoms with van der Waals surface area (Å²) in [5, 5.41) is 10.5. The third kappa shape index (κ3) is 56.6. The minimum Gasteiger partial charge on any atom is -0.462 e.